The normalized spacial score (nSPS) is 31.5. The summed E-state index contributed by atoms with van der Waals surface area (Å²) in [4.78, 5) is 0. The Kier molecular flexibility index (Phi) is 2.44. The zero-order valence-electron chi connectivity index (χ0n) is 7.01. The summed E-state index contributed by atoms with van der Waals surface area (Å²) in [5, 5.41) is 7.84. The third-order valence-electron chi connectivity index (χ3n) is 2.10. The van der Waals surface area contributed by atoms with Gasteiger partial charge in [0.1, 0.15) is 0 Å². The molecule has 1 heterocycles. The van der Waals surface area contributed by atoms with Crippen LogP contribution in [0.25, 0.3) is 0 Å². The van der Waals surface area contributed by atoms with Crippen molar-refractivity contribution in [2.75, 3.05) is 0 Å². The van der Waals surface area contributed by atoms with E-state index in [4.69, 9.17) is 12.2 Å². The van der Waals surface area contributed by atoms with Gasteiger partial charge in [0.25, 0.3) is 0 Å². The van der Waals surface area contributed by atoms with E-state index in [2.05, 4.69) is 29.7 Å². The van der Waals surface area contributed by atoms with Gasteiger partial charge in [0.2, 0.25) is 0 Å². The molecule has 4 heteroatoms. The van der Waals surface area contributed by atoms with Crippen LogP contribution < -0.4 is 10.7 Å². The van der Waals surface area contributed by atoms with E-state index in [1.807, 2.05) is 6.92 Å². The van der Waals surface area contributed by atoms with Crippen LogP contribution in [0, 0.1) is 5.92 Å². The average molecular weight is 171 g/mol. The van der Waals surface area contributed by atoms with E-state index in [0.29, 0.717) is 17.1 Å². The van der Waals surface area contributed by atoms with E-state index >= 15 is 0 Å². The lowest BCUT2D eigenvalue weighted by Gasteiger charge is -2.17. The lowest BCUT2D eigenvalue weighted by molar-refractivity contribution is 0.563. The topological polar surface area (TPSA) is 36.4 Å². The first-order chi connectivity index (χ1) is 5.11. The van der Waals surface area contributed by atoms with Gasteiger partial charge < -0.3 is 5.32 Å². The van der Waals surface area contributed by atoms with Crippen LogP contribution in [-0.4, -0.2) is 16.9 Å². The molecule has 0 aromatic rings. The van der Waals surface area contributed by atoms with Gasteiger partial charge in [-0.15, -0.1) is 0 Å². The molecule has 0 aliphatic carbocycles. The fourth-order valence-electron chi connectivity index (χ4n) is 0.967. The van der Waals surface area contributed by atoms with E-state index in [0.717, 1.165) is 5.71 Å². The summed E-state index contributed by atoms with van der Waals surface area (Å²) < 4.78 is 0. The average Bonchev–Trinajstić information content (AvgIpc) is 2.05. The Morgan fingerprint density at radius 2 is 2.09 bits per heavy atom. The van der Waals surface area contributed by atoms with Crippen molar-refractivity contribution >= 4 is 23.0 Å². The highest BCUT2D eigenvalue weighted by Gasteiger charge is 2.18. The van der Waals surface area contributed by atoms with Crippen LogP contribution in [0.1, 0.15) is 20.8 Å². The molecular weight excluding hydrogens is 158 g/mol. The van der Waals surface area contributed by atoms with Crippen molar-refractivity contribution in [3.05, 3.63) is 0 Å². The highest BCUT2D eigenvalue weighted by molar-refractivity contribution is 7.80. The third kappa shape index (κ3) is 1.89. The molecule has 0 aromatic carbocycles. The molecule has 1 aliphatic heterocycles. The minimum Gasteiger partial charge on any atom is -0.358 e. The van der Waals surface area contributed by atoms with Gasteiger partial charge in [-0.25, -0.2) is 0 Å². The number of hydrazone groups is 1. The Morgan fingerprint density at radius 1 is 1.45 bits per heavy atom. The molecule has 3 nitrogen and oxygen atoms in total. The molecule has 0 fully saturated rings. The number of nitrogens with zero attached hydrogens (tertiary/aromatic N) is 1. The predicted octanol–water partition coefficient (Wildman–Crippen LogP) is 0.865. The molecule has 1 aliphatic rings. The molecule has 0 aromatic heterocycles. The molecule has 62 valence electrons. The van der Waals surface area contributed by atoms with Crippen LogP contribution in [0.3, 0.4) is 0 Å². The summed E-state index contributed by atoms with van der Waals surface area (Å²) in [5.74, 6) is 0.433. The summed E-state index contributed by atoms with van der Waals surface area (Å²) in [7, 11) is 0. The summed E-state index contributed by atoms with van der Waals surface area (Å²) in [5.41, 5.74) is 3.85. The van der Waals surface area contributed by atoms with Gasteiger partial charge >= 0.3 is 0 Å². The molecule has 0 radical (unpaired) electrons. The number of rotatable bonds is 0. The maximum Gasteiger partial charge on any atom is 0.187 e. The molecule has 2 unspecified atom stereocenters. The van der Waals surface area contributed by atoms with Crippen molar-refractivity contribution < 1.29 is 0 Å². The minimum absolute atomic E-state index is 0.362. The van der Waals surface area contributed by atoms with E-state index in [-0.39, 0.29) is 0 Å². The van der Waals surface area contributed by atoms with Crippen molar-refractivity contribution in [2.24, 2.45) is 11.0 Å². The first kappa shape index (κ1) is 8.46. The maximum absolute atomic E-state index is 4.95. The summed E-state index contributed by atoms with van der Waals surface area (Å²) in [6.45, 7) is 6.24. The van der Waals surface area contributed by atoms with E-state index in [1.54, 1.807) is 0 Å². The second kappa shape index (κ2) is 3.17. The van der Waals surface area contributed by atoms with Gasteiger partial charge in [0, 0.05) is 17.7 Å². The standard InChI is InChI=1S/C7H13N3S/c1-4-5(2)8-7(11)10-9-6(4)3/h4-5H,1-3H3,(H2,8,10,11). The Morgan fingerprint density at radius 3 is 2.73 bits per heavy atom. The van der Waals surface area contributed by atoms with Crippen molar-refractivity contribution in [3.8, 4) is 0 Å². The molecule has 0 saturated heterocycles. The predicted molar refractivity (Wildman–Crippen MR) is 50.6 cm³/mol. The van der Waals surface area contributed by atoms with Gasteiger partial charge in [0.15, 0.2) is 5.11 Å². The number of nitrogens with one attached hydrogen (secondary N) is 2. The first-order valence-corrected chi connectivity index (χ1v) is 4.12. The lowest BCUT2D eigenvalue weighted by atomic mass is 9.99. The molecule has 1 rings (SSSR count). The lowest BCUT2D eigenvalue weighted by Crippen LogP contribution is -2.39. The number of thiocarbonyl (C=S) groups is 1. The molecule has 0 amide bonds. The molecule has 0 saturated carbocycles. The highest BCUT2D eigenvalue weighted by atomic mass is 32.1. The van der Waals surface area contributed by atoms with Crippen LogP contribution >= 0.6 is 12.2 Å². The molecule has 0 spiro atoms. The minimum atomic E-state index is 0.362. The summed E-state index contributed by atoms with van der Waals surface area (Å²) in [6, 6.07) is 0.362. The van der Waals surface area contributed by atoms with Crippen LogP contribution in [0.4, 0.5) is 0 Å². The highest BCUT2D eigenvalue weighted by Crippen LogP contribution is 2.06. The van der Waals surface area contributed by atoms with Gasteiger partial charge in [-0.3, -0.25) is 5.43 Å². The fraction of sp³-hybridized carbons (Fsp3) is 0.714. The molecular formula is C7H13N3S. The fourth-order valence-corrected chi connectivity index (χ4v) is 1.20. The second-order valence-electron chi connectivity index (χ2n) is 2.92. The Hall–Kier alpha value is -0.640. The Balaban J connectivity index is 2.76. The molecule has 11 heavy (non-hydrogen) atoms. The number of hydrogen-bond acceptors (Lipinski definition) is 2. The number of hydrogen-bond donors (Lipinski definition) is 2. The molecule has 0 bridgehead atoms. The SMILES string of the molecule is CC1=NNC(=S)NC(C)C1C. The van der Waals surface area contributed by atoms with E-state index < -0.39 is 0 Å². The van der Waals surface area contributed by atoms with Gasteiger partial charge in [-0.2, -0.15) is 5.10 Å². The van der Waals surface area contributed by atoms with Crippen LogP contribution in [0.2, 0.25) is 0 Å². The van der Waals surface area contributed by atoms with Crippen molar-refractivity contribution in [1.82, 2.24) is 10.7 Å². The second-order valence-corrected chi connectivity index (χ2v) is 3.32. The molecule has 2 N–H and O–H groups in total. The first-order valence-electron chi connectivity index (χ1n) is 3.72. The molecule has 2 atom stereocenters. The third-order valence-corrected chi connectivity index (χ3v) is 2.31. The van der Waals surface area contributed by atoms with Gasteiger partial charge in [-0.05, 0) is 26.1 Å². The summed E-state index contributed by atoms with van der Waals surface area (Å²) in [6.07, 6.45) is 0. The van der Waals surface area contributed by atoms with E-state index in [9.17, 15) is 0 Å². The van der Waals surface area contributed by atoms with Crippen molar-refractivity contribution in [2.45, 2.75) is 26.8 Å². The van der Waals surface area contributed by atoms with Crippen molar-refractivity contribution in [3.63, 3.8) is 0 Å². The Labute approximate surface area is 72.2 Å². The Bertz CT molecular complexity index is 200. The van der Waals surface area contributed by atoms with Crippen LogP contribution in [0.15, 0.2) is 5.10 Å². The van der Waals surface area contributed by atoms with E-state index in [1.165, 1.54) is 0 Å². The van der Waals surface area contributed by atoms with Gasteiger partial charge in [-0.1, -0.05) is 6.92 Å². The van der Waals surface area contributed by atoms with Gasteiger partial charge in [0.05, 0.1) is 0 Å². The zero-order chi connectivity index (χ0) is 8.43. The smallest absolute Gasteiger partial charge is 0.187 e. The van der Waals surface area contributed by atoms with Crippen LogP contribution in [-0.2, 0) is 0 Å². The largest absolute Gasteiger partial charge is 0.358 e. The monoisotopic (exact) mass is 171 g/mol. The zero-order valence-corrected chi connectivity index (χ0v) is 7.83. The van der Waals surface area contributed by atoms with Crippen LogP contribution in [0.5, 0.6) is 0 Å². The maximum atomic E-state index is 4.95. The van der Waals surface area contributed by atoms with Crippen molar-refractivity contribution in [1.29, 1.82) is 0 Å². The quantitative estimate of drug-likeness (QED) is 0.531. The summed E-state index contributed by atoms with van der Waals surface area (Å²) >= 11 is 4.95.